The fraction of sp³-hybridized carbons (Fsp3) is 0.522. The van der Waals surface area contributed by atoms with Crippen LogP contribution in [0.5, 0.6) is 0 Å². The van der Waals surface area contributed by atoms with Gasteiger partial charge in [-0.1, -0.05) is 12.2 Å². The number of hydrogen-bond donors (Lipinski definition) is 0. The first-order valence-corrected chi connectivity index (χ1v) is 12.4. The number of ether oxygens (including phenoxy) is 1. The third kappa shape index (κ3) is 7.41. The fourth-order valence-electron chi connectivity index (χ4n) is 4.00. The molecule has 1 aliphatic rings. The minimum atomic E-state index is -4.49. The fourth-order valence-corrected chi connectivity index (χ4v) is 5.25. The zero-order chi connectivity index (χ0) is 23.9. The molecule has 10 heteroatoms. The molecule has 0 saturated heterocycles. The maximum Gasteiger partial charge on any atom is 0.416 e. The minimum absolute atomic E-state index is 0.124. The lowest BCUT2D eigenvalue weighted by Crippen LogP contribution is -2.34. The van der Waals surface area contributed by atoms with Gasteiger partial charge in [0.05, 0.1) is 23.4 Å². The van der Waals surface area contributed by atoms with Crippen LogP contribution in [0.1, 0.15) is 31.2 Å². The Kier molecular flexibility index (Phi) is 8.72. The number of rotatable bonds is 10. The third-order valence-electron chi connectivity index (χ3n) is 5.98. The van der Waals surface area contributed by atoms with E-state index in [1.54, 1.807) is 12.5 Å². The van der Waals surface area contributed by atoms with Gasteiger partial charge in [0, 0.05) is 39.1 Å². The number of allylic oxidation sites excluding steroid dienone is 1. The van der Waals surface area contributed by atoms with E-state index < -0.39 is 21.8 Å². The molecule has 0 aliphatic heterocycles. The quantitative estimate of drug-likeness (QED) is 0.364. The van der Waals surface area contributed by atoms with E-state index in [4.69, 9.17) is 4.74 Å². The summed E-state index contributed by atoms with van der Waals surface area (Å²) in [6.45, 7) is 2.36. The summed E-state index contributed by atoms with van der Waals surface area (Å²) in [6, 6.07) is 3.65. The lowest BCUT2D eigenvalue weighted by Gasteiger charge is -2.30. The molecule has 0 atom stereocenters. The summed E-state index contributed by atoms with van der Waals surface area (Å²) in [5.74, 6) is 0.686. The van der Waals surface area contributed by atoms with Crippen molar-refractivity contribution in [2.75, 3.05) is 26.8 Å². The number of imidazole rings is 1. The van der Waals surface area contributed by atoms with Gasteiger partial charge < -0.3 is 9.30 Å². The van der Waals surface area contributed by atoms with Gasteiger partial charge in [0.15, 0.2) is 0 Å². The summed E-state index contributed by atoms with van der Waals surface area (Å²) in [5.41, 5.74) is -0.863. The minimum Gasteiger partial charge on any atom is -0.377 e. The highest BCUT2D eigenvalue weighted by atomic mass is 32.2. The van der Waals surface area contributed by atoms with Crippen LogP contribution in [-0.4, -0.2) is 49.1 Å². The summed E-state index contributed by atoms with van der Waals surface area (Å²) in [4.78, 5) is 3.86. The molecule has 0 radical (unpaired) electrons. The molecule has 1 saturated carbocycles. The summed E-state index contributed by atoms with van der Waals surface area (Å²) >= 11 is 0. The Hall–Kier alpha value is -2.17. The predicted octanol–water partition coefficient (Wildman–Crippen LogP) is 4.60. The topological polar surface area (TPSA) is 64.4 Å². The van der Waals surface area contributed by atoms with Crippen LogP contribution in [0.3, 0.4) is 0 Å². The second-order valence-corrected chi connectivity index (χ2v) is 10.5. The molecular weight excluding hydrogens is 455 g/mol. The van der Waals surface area contributed by atoms with Gasteiger partial charge in [-0.05, 0) is 61.8 Å². The molecular formula is C23H30F3N3O3S. The molecule has 0 N–H and O–H groups in total. The molecule has 182 valence electrons. The van der Waals surface area contributed by atoms with Crippen LogP contribution in [0.2, 0.25) is 0 Å². The molecule has 0 amide bonds. The van der Waals surface area contributed by atoms with Crippen molar-refractivity contribution in [2.24, 2.45) is 11.8 Å². The number of alkyl halides is 3. The van der Waals surface area contributed by atoms with Gasteiger partial charge in [0.2, 0.25) is 10.0 Å². The number of sulfonamides is 1. The van der Waals surface area contributed by atoms with Crippen molar-refractivity contribution in [3.8, 4) is 0 Å². The second kappa shape index (κ2) is 11.3. The van der Waals surface area contributed by atoms with Crippen molar-refractivity contribution in [1.29, 1.82) is 0 Å². The molecule has 1 heterocycles. The van der Waals surface area contributed by atoms with Gasteiger partial charge >= 0.3 is 6.18 Å². The number of hydrogen-bond acceptors (Lipinski definition) is 4. The van der Waals surface area contributed by atoms with Crippen LogP contribution in [0, 0.1) is 11.8 Å². The average Bonchev–Trinajstić information content (AvgIpc) is 3.30. The van der Waals surface area contributed by atoms with Crippen LogP contribution in [0.25, 0.3) is 0 Å². The highest BCUT2D eigenvalue weighted by Gasteiger charge is 2.32. The summed E-state index contributed by atoms with van der Waals surface area (Å²) in [7, 11) is -2.34. The van der Waals surface area contributed by atoms with E-state index in [0.29, 0.717) is 25.7 Å². The Balaban J connectivity index is 1.38. The number of benzene rings is 1. The molecule has 3 rings (SSSR count). The maximum atomic E-state index is 12.7. The molecule has 33 heavy (non-hydrogen) atoms. The van der Waals surface area contributed by atoms with Gasteiger partial charge in [-0.25, -0.2) is 17.7 Å². The number of aromatic nitrogens is 2. The molecule has 1 aromatic carbocycles. The molecule has 1 fully saturated rings. The molecule has 2 aromatic rings. The monoisotopic (exact) mass is 485 g/mol. The van der Waals surface area contributed by atoms with Crippen LogP contribution < -0.4 is 0 Å². The molecule has 6 nitrogen and oxygen atoms in total. The SMILES string of the molecule is CN(C[C@H]1CC[C@H](COC/C=C/Cn2ccnc2)CC1)S(=O)(=O)c1ccc(C(F)(F)F)cc1. The average molecular weight is 486 g/mol. The number of nitrogens with zero attached hydrogens (tertiary/aromatic N) is 3. The van der Waals surface area contributed by atoms with E-state index in [-0.39, 0.29) is 10.8 Å². The molecule has 1 aromatic heterocycles. The first-order chi connectivity index (χ1) is 15.7. The van der Waals surface area contributed by atoms with Crippen molar-refractivity contribution < 1.29 is 26.3 Å². The van der Waals surface area contributed by atoms with Gasteiger partial charge in [-0.2, -0.15) is 13.2 Å². The van der Waals surface area contributed by atoms with Gasteiger partial charge in [-0.15, -0.1) is 0 Å². The van der Waals surface area contributed by atoms with Crippen LogP contribution in [0.4, 0.5) is 13.2 Å². The summed E-state index contributed by atoms with van der Waals surface area (Å²) in [5, 5.41) is 0. The lowest BCUT2D eigenvalue weighted by molar-refractivity contribution is -0.137. The Morgan fingerprint density at radius 3 is 2.39 bits per heavy atom. The smallest absolute Gasteiger partial charge is 0.377 e. The van der Waals surface area contributed by atoms with Crippen LogP contribution >= 0.6 is 0 Å². The van der Waals surface area contributed by atoms with E-state index in [9.17, 15) is 21.6 Å². The van der Waals surface area contributed by atoms with E-state index >= 15 is 0 Å². The van der Waals surface area contributed by atoms with Gasteiger partial charge in [0.25, 0.3) is 0 Å². The van der Waals surface area contributed by atoms with Crippen molar-refractivity contribution in [2.45, 2.75) is 43.3 Å². The van der Waals surface area contributed by atoms with Crippen LogP contribution in [-0.2, 0) is 27.5 Å². The highest BCUT2D eigenvalue weighted by molar-refractivity contribution is 7.89. The highest BCUT2D eigenvalue weighted by Crippen LogP contribution is 2.32. The Labute approximate surface area is 193 Å². The molecule has 0 bridgehead atoms. The summed E-state index contributed by atoms with van der Waals surface area (Å²) < 4.78 is 72.6. The number of halogens is 3. The van der Waals surface area contributed by atoms with Crippen molar-refractivity contribution >= 4 is 10.0 Å². The first-order valence-electron chi connectivity index (χ1n) is 11.0. The Morgan fingerprint density at radius 1 is 1.12 bits per heavy atom. The summed E-state index contributed by atoms with van der Waals surface area (Å²) in [6.07, 6.45) is 8.67. The van der Waals surface area contributed by atoms with Crippen LogP contribution in [0.15, 0.2) is 60.0 Å². The molecule has 0 unspecified atom stereocenters. The van der Waals surface area contributed by atoms with E-state index in [1.807, 2.05) is 22.9 Å². The molecule has 1 aliphatic carbocycles. The Bertz CT molecular complexity index is 982. The second-order valence-electron chi connectivity index (χ2n) is 8.46. The third-order valence-corrected chi connectivity index (χ3v) is 7.82. The van der Waals surface area contributed by atoms with E-state index in [2.05, 4.69) is 4.98 Å². The van der Waals surface area contributed by atoms with Gasteiger partial charge in [-0.3, -0.25) is 0 Å². The van der Waals surface area contributed by atoms with Gasteiger partial charge in [0.1, 0.15) is 0 Å². The van der Waals surface area contributed by atoms with E-state index in [1.165, 1.54) is 11.4 Å². The van der Waals surface area contributed by atoms with Crippen molar-refractivity contribution in [1.82, 2.24) is 13.9 Å². The predicted molar refractivity (Wildman–Crippen MR) is 119 cm³/mol. The van der Waals surface area contributed by atoms with Crippen molar-refractivity contribution in [3.63, 3.8) is 0 Å². The lowest BCUT2D eigenvalue weighted by atomic mass is 9.82. The maximum absolute atomic E-state index is 12.7. The van der Waals surface area contributed by atoms with E-state index in [0.717, 1.165) is 56.5 Å². The first kappa shape index (κ1) is 25.5. The van der Waals surface area contributed by atoms with Crippen molar-refractivity contribution in [3.05, 3.63) is 60.7 Å². The Morgan fingerprint density at radius 2 is 1.79 bits per heavy atom. The largest absolute Gasteiger partial charge is 0.416 e. The standard InChI is InChI=1S/C23H30F3N3O3S/c1-28(33(30,31)22-10-8-21(9-11-22)23(24,25)26)16-19-4-6-20(7-5-19)17-32-15-3-2-13-29-14-12-27-18-29/h2-3,8-12,14,18-20H,4-7,13,15-17H2,1H3/b3-2+/t19-,20-. The normalized spacial score (nSPS) is 20.0. The molecule has 0 spiro atoms. The zero-order valence-corrected chi connectivity index (χ0v) is 19.4. The zero-order valence-electron chi connectivity index (χ0n) is 18.6.